The summed E-state index contributed by atoms with van der Waals surface area (Å²) in [6, 6.07) is 4.08. The minimum atomic E-state index is -1.04. The van der Waals surface area contributed by atoms with Gasteiger partial charge in [0.15, 0.2) is 5.69 Å². The fraction of sp³-hybridized carbons (Fsp3) is 0.333. The number of nitrogens with zero attached hydrogens (tertiary/aromatic N) is 5. The van der Waals surface area contributed by atoms with E-state index in [0.29, 0.717) is 23.9 Å². The maximum atomic E-state index is 13.8. The van der Waals surface area contributed by atoms with E-state index in [1.807, 2.05) is 13.8 Å². The van der Waals surface area contributed by atoms with E-state index < -0.39 is 11.4 Å². The Labute approximate surface area is 151 Å². The van der Waals surface area contributed by atoms with E-state index in [2.05, 4.69) is 15.1 Å². The molecule has 0 atom stereocenters. The molecule has 4 aromatic rings. The molecular weight excluding hydrogens is 353 g/mol. The number of hydrogen-bond acceptors (Lipinski definition) is 6. The molecule has 5 rings (SSSR count). The summed E-state index contributed by atoms with van der Waals surface area (Å²) < 4.78 is 22.2. The van der Waals surface area contributed by atoms with Gasteiger partial charge < -0.3 is 14.2 Å². The van der Waals surface area contributed by atoms with E-state index in [0.717, 1.165) is 0 Å². The van der Waals surface area contributed by atoms with Crippen molar-refractivity contribution < 1.29 is 14.0 Å². The zero-order valence-corrected chi connectivity index (χ0v) is 14.7. The summed E-state index contributed by atoms with van der Waals surface area (Å²) in [5.41, 5.74) is 0.244. The number of aromatic nitrogens is 5. The topological polar surface area (TPSA) is 98.5 Å². The molecule has 1 N–H and O–H groups in total. The van der Waals surface area contributed by atoms with Crippen LogP contribution in [0.2, 0.25) is 0 Å². The van der Waals surface area contributed by atoms with E-state index in [4.69, 9.17) is 4.52 Å². The van der Waals surface area contributed by atoms with Gasteiger partial charge in [-0.2, -0.15) is 4.98 Å². The molecule has 0 bridgehead atoms. The largest absolute Gasteiger partial charge is 0.382 e. The second-order valence-corrected chi connectivity index (χ2v) is 7.17. The third-order valence-corrected chi connectivity index (χ3v) is 4.93. The summed E-state index contributed by atoms with van der Waals surface area (Å²) in [6.45, 7) is 3.71. The predicted molar refractivity (Wildman–Crippen MR) is 93.7 cm³/mol. The van der Waals surface area contributed by atoms with Crippen LogP contribution in [0, 0.1) is 5.82 Å². The van der Waals surface area contributed by atoms with Crippen molar-refractivity contribution in [2.75, 3.05) is 0 Å². The highest BCUT2D eigenvalue weighted by Crippen LogP contribution is 2.44. The summed E-state index contributed by atoms with van der Waals surface area (Å²) in [7, 11) is 0. The molecule has 9 heteroatoms. The Kier molecular flexibility index (Phi) is 3.12. The SMILES string of the molecule is CC(C)n1c(=O)c2c(-c3nc(C4(O)CC4)no3)ncn2c2ccc(F)cc21. The quantitative estimate of drug-likeness (QED) is 0.595. The maximum absolute atomic E-state index is 13.8. The Balaban J connectivity index is 1.83. The number of rotatable bonds is 3. The van der Waals surface area contributed by atoms with Gasteiger partial charge in [0.2, 0.25) is 5.82 Å². The van der Waals surface area contributed by atoms with Crippen LogP contribution in [0.1, 0.15) is 38.6 Å². The molecule has 1 aliphatic rings. The molecule has 27 heavy (non-hydrogen) atoms. The van der Waals surface area contributed by atoms with Gasteiger partial charge in [0.25, 0.3) is 11.4 Å². The Morgan fingerprint density at radius 2 is 2.07 bits per heavy atom. The van der Waals surface area contributed by atoms with Gasteiger partial charge in [-0.05, 0) is 44.9 Å². The van der Waals surface area contributed by atoms with Crippen LogP contribution < -0.4 is 5.56 Å². The van der Waals surface area contributed by atoms with Gasteiger partial charge in [0.1, 0.15) is 23.3 Å². The fourth-order valence-corrected chi connectivity index (χ4v) is 3.37. The molecular formula is C18H16FN5O3. The molecule has 1 saturated carbocycles. The predicted octanol–water partition coefficient (Wildman–Crippen LogP) is 2.40. The van der Waals surface area contributed by atoms with Crippen molar-refractivity contribution >= 4 is 16.6 Å². The van der Waals surface area contributed by atoms with Gasteiger partial charge in [0, 0.05) is 6.04 Å². The number of imidazole rings is 1. The van der Waals surface area contributed by atoms with E-state index >= 15 is 0 Å². The zero-order valence-electron chi connectivity index (χ0n) is 14.7. The van der Waals surface area contributed by atoms with Gasteiger partial charge >= 0.3 is 0 Å². The van der Waals surface area contributed by atoms with Gasteiger partial charge in [-0.3, -0.25) is 9.20 Å². The first-order valence-corrected chi connectivity index (χ1v) is 8.67. The Morgan fingerprint density at radius 1 is 1.30 bits per heavy atom. The minimum Gasteiger partial charge on any atom is -0.382 e. The molecule has 3 heterocycles. The molecule has 1 fully saturated rings. The van der Waals surface area contributed by atoms with E-state index in [1.165, 1.54) is 23.0 Å². The molecule has 3 aromatic heterocycles. The van der Waals surface area contributed by atoms with E-state index in [-0.39, 0.29) is 34.5 Å². The minimum absolute atomic E-state index is 0.0710. The molecule has 8 nitrogen and oxygen atoms in total. The van der Waals surface area contributed by atoms with Crippen molar-refractivity contribution in [3.63, 3.8) is 0 Å². The first-order chi connectivity index (χ1) is 12.9. The highest BCUT2D eigenvalue weighted by Gasteiger charge is 2.47. The van der Waals surface area contributed by atoms with Gasteiger partial charge in [0.05, 0.1) is 11.0 Å². The molecule has 1 aromatic carbocycles. The maximum Gasteiger partial charge on any atom is 0.279 e. The van der Waals surface area contributed by atoms with Crippen molar-refractivity contribution in [2.24, 2.45) is 0 Å². The molecule has 0 radical (unpaired) electrons. The second-order valence-electron chi connectivity index (χ2n) is 7.17. The lowest BCUT2D eigenvalue weighted by atomic mass is 10.2. The van der Waals surface area contributed by atoms with E-state index in [9.17, 15) is 14.3 Å². The van der Waals surface area contributed by atoms with Crippen molar-refractivity contribution in [2.45, 2.75) is 38.3 Å². The summed E-state index contributed by atoms with van der Waals surface area (Å²) >= 11 is 0. The lowest BCUT2D eigenvalue weighted by Gasteiger charge is -2.15. The molecule has 1 aliphatic carbocycles. The number of halogens is 1. The summed E-state index contributed by atoms with van der Waals surface area (Å²) in [5.74, 6) is -0.150. The number of benzene rings is 1. The van der Waals surface area contributed by atoms with Crippen LogP contribution in [0.15, 0.2) is 33.8 Å². The Bertz CT molecular complexity index is 1270. The molecule has 0 unspecified atom stereocenters. The van der Waals surface area contributed by atoms with Crippen molar-refractivity contribution in [1.29, 1.82) is 0 Å². The normalized spacial score (nSPS) is 15.9. The smallest absolute Gasteiger partial charge is 0.279 e. The lowest BCUT2D eigenvalue weighted by molar-refractivity contribution is 0.137. The van der Waals surface area contributed by atoms with Gasteiger partial charge in [-0.15, -0.1) is 0 Å². The van der Waals surface area contributed by atoms with Crippen molar-refractivity contribution in [3.8, 4) is 11.6 Å². The third kappa shape index (κ3) is 2.24. The summed E-state index contributed by atoms with van der Waals surface area (Å²) in [6.07, 6.45) is 2.63. The van der Waals surface area contributed by atoms with Crippen molar-refractivity contribution in [3.05, 3.63) is 46.5 Å². The van der Waals surface area contributed by atoms with Gasteiger partial charge in [-0.1, -0.05) is 5.16 Å². The monoisotopic (exact) mass is 369 g/mol. The molecule has 0 spiro atoms. The first-order valence-electron chi connectivity index (χ1n) is 8.67. The van der Waals surface area contributed by atoms with Crippen molar-refractivity contribution in [1.82, 2.24) is 24.1 Å². The number of aliphatic hydroxyl groups is 1. The molecule has 0 amide bonds. The molecule has 0 aliphatic heterocycles. The zero-order chi connectivity index (χ0) is 18.9. The third-order valence-electron chi connectivity index (χ3n) is 4.93. The number of hydrogen-bond donors (Lipinski definition) is 1. The van der Waals surface area contributed by atoms with Crippen LogP contribution in [-0.2, 0) is 5.60 Å². The van der Waals surface area contributed by atoms with Crippen LogP contribution in [-0.4, -0.2) is 29.2 Å². The second kappa shape index (κ2) is 5.23. The van der Waals surface area contributed by atoms with Crippen LogP contribution in [0.3, 0.4) is 0 Å². The molecule has 0 saturated heterocycles. The average Bonchev–Trinajstić information content (AvgIpc) is 3.05. The van der Waals surface area contributed by atoms with Gasteiger partial charge in [-0.25, -0.2) is 9.37 Å². The lowest BCUT2D eigenvalue weighted by Crippen LogP contribution is -2.24. The Morgan fingerprint density at radius 3 is 2.78 bits per heavy atom. The van der Waals surface area contributed by atoms with Crippen LogP contribution in [0.25, 0.3) is 28.1 Å². The Hall–Kier alpha value is -3.07. The number of fused-ring (bicyclic) bond motifs is 3. The fourth-order valence-electron chi connectivity index (χ4n) is 3.37. The average molecular weight is 369 g/mol. The standard InChI is InChI=1S/C18H16FN5O3/c1-9(2)24-12-7-10(19)3-4-11(12)23-8-20-13(14(23)16(24)25)15-21-17(22-27-15)18(26)5-6-18/h3-4,7-9,26H,5-6H2,1-2H3. The highest BCUT2D eigenvalue weighted by molar-refractivity contribution is 5.83. The first kappa shape index (κ1) is 16.1. The van der Waals surface area contributed by atoms with Crippen LogP contribution in [0.4, 0.5) is 4.39 Å². The highest BCUT2D eigenvalue weighted by atomic mass is 19.1. The summed E-state index contributed by atoms with van der Waals surface area (Å²) in [4.78, 5) is 21.7. The molecule has 138 valence electrons. The summed E-state index contributed by atoms with van der Waals surface area (Å²) in [5, 5.41) is 14.0. The van der Waals surface area contributed by atoms with Crippen LogP contribution >= 0.6 is 0 Å². The van der Waals surface area contributed by atoms with Crippen LogP contribution in [0.5, 0.6) is 0 Å². The van der Waals surface area contributed by atoms with E-state index in [1.54, 1.807) is 10.5 Å².